The van der Waals surface area contributed by atoms with Crippen molar-refractivity contribution >= 4 is 34.3 Å². The highest BCUT2D eigenvalue weighted by Crippen LogP contribution is 2.25. The van der Waals surface area contributed by atoms with Crippen molar-refractivity contribution in [3.8, 4) is 22.6 Å². The molecule has 0 amide bonds. The Bertz CT molecular complexity index is 634. The van der Waals surface area contributed by atoms with Crippen molar-refractivity contribution in [2.45, 2.75) is 6.92 Å². The molecule has 108 valence electrons. The standard InChI is InChI=1S/C16H14O3S2/c1-11(17)18-14-7-3-12(4-8-14)13-5-9-15(10-6-13)19-16(20)21-2/h3-10H,1-2H3. The fourth-order valence-corrected chi connectivity index (χ4v) is 2.01. The largest absolute Gasteiger partial charge is 0.440 e. The average Bonchev–Trinajstić information content (AvgIpc) is 2.48. The van der Waals surface area contributed by atoms with Crippen LogP contribution in [0.1, 0.15) is 6.92 Å². The van der Waals surface area contributed by atoms with Crippen LogP contribution >= 0.6 is 24.0 Å². The summed E-state index contributed by atoms with van der Waals surface area (Å²) in [5.41, 5.74) is 2.08. The summed E-state index contributed by atoms with van der Waals surface area (Å²) in [4.78, 5) is 10.9. The Hall–Kier alpha value is -1.85. The van der Waals surface area contributed by atoms with Crippen molar-refractivity contribution in [3.63, 3.8) is 0 Å². The summed E-state index contributed by atoms with van der Waals surface area (Å²) in [6, 6.07) is 15.0. The van der Waals surface area contributed by atoms with Crippen LogP contribution in [0.15, 0.2) is 48.5 Å². The van der Waals surface area contributed by atoms with Gasteiger partial charge in [0.15, 0.2) is 0 Å². The van der Waals surface area contributed by atoms with E-state index >= 15 is 0 Å². The highest BCUT2D eigenvalue weighted by molar-refractivity contribution is 8.22. The van der Waals surface area contributed by atoms with E-state index < -0.39 is 0 Å². The third-order valence-corrected chi connectivity index (χ3v) is 3.67. The monoisotopic (exact) mass is 318 g/mol. The number of esters is 1. The van der Waals surface area contributed by atoms with E-state index in [1.54, 1.807) is 12.1 Å². The van der Waals surface area contributed by atoms with Gasteiger partial charge < -0.3 is 9.47 Å². The Morgan fingerprint density at radius 2 is 1.33 bits per heavy atom. The van der Waals surface area contributed by atoms with Crippen molar-refractivity contribution < 1.29 is 14.3 Å². The van der Waals surface area contributed by atoms with Crippen LogP contribution in [0.2, 0.25) is 0 Å². The maximum absolute atomic E-state index is 10.9. The molecule has 0 aromatic heterocycles. The van der Waals surface area contributed by atoms with Gasteiger partial charge in [0.1, 0.15) is 11.5 Å². The van der Waals surface area contributed by atoms with Gasteiger partial charge in [0.25, 0.3) is 0 Å². The summed E-state index contributed by atoms with van der Waals surface area (Å²) in [6.45, 7) is 1.38. The molecule has 0 N–H and O–H groups in total. The lowest BCUT2D eigenvalue weighted by Crippen LogP contribution is -2.00. The van der Waals surface area contributed by atoms with Crippen molar-refractivity contribution in [2.75, 3.05) is 6.26 Å². The van der Waals surface area contributed by atoms with Gasteiger partial charge in [-0.05, 0) is 53.9 Å². The molecular weight excluding hydrogens is 304 g/mol. The summed E-state index contributed by atoms with van der Waals surface area (Å²) >= 11 is 6.41. The second kappa shape index (κ2) is 7.24. The van der Waals surface area contributed by atoms with E-state index in [0.29, 0.717) is 10.1 Å². The van der Waals surface area contributed by atoms with E-state index in [1.807, 2.05) is 42.7 Å². The van der Waals surface area contributed by atoms with Gasteiger partial charge in [0.05, 0.1) is 0 Å². The Morgan fingerprint density at radius 3 is 1.71 bits per heavy atom. The number of thioether (sulfide) groups is 1. The van der Waals surface area contributed by atoms with E-state index in [1.165, 1.54) is 18.7 Å². The number of carbonyl (C=O) groups excluding carboxylic acids is 1. The van der Waals surface area contributed by atoms with Gasteiger partial charge in [0.2, 0.25) is 4.38 Å². The molecule has 5 heteroatoms. The number of benzene rings is 2. The lowest BCUT2D eigenvalue weighted by molar-refractivity contribution is -0.131. The minimum atomic E-state index is -0.325. The van der Waals surface area contributed by atoms with Crippen LogP contribution in [0, 0.1) is 0 Å². The third kappa shape index (κ3) is 4.58. The van der Waals surface area contributed by atoms with Gasteiger partial charge in [-0.2, -0.15) is 0 Å². The SMILES string of the molecule is CSC(=S)Oc1ccc(-c2ccc(OC(C)=O)cc2)cc1. The zero-order chi connectivity index (χ0) is 15.2. The van der Waals surface area contributed by atoms with Gasteiger partial charge >= 0.3 is 5.97 Å². The second-order valence-corrected chi connectivity index (χ2v) is 5.61. The molecule has 2 rings (SSSR count). The molecule has 0 saturated carbocycles. The number of carbonyl (C=O) groups is 1. The molecule has 0 aliphatic heterocycles. The first-order valence-corrected chi connectivity index (χ1v) is 7.86. The Morgan fingerprint density at radius 1 is 0.905 bits per heavy atom. The molecule has 0 atom stereocenters. The molecule has 0 aliphatic rings. The fourth-order valence-electron chi connectivity index (χ4n) is 1.73. The van der Waals surface area contributed by atoms with Gasteiger partial charge in [-0.15, -0.1) is 0 Å². The zero-order valence-electron chi connectivity index (χ0n) is 11.7. The fraction of sp³-hybridized carbons (Fsp3) is 0.125. The first-order chi connectivity index (χ1) is 10.1. The number of ether oxygens (including phenoxy) is 2. The molecule has 0 aliphatic carbocycles. The first-order valence-electron chi connectivity index (χ1n) is 6.23. The molecule has 21 heavy (non-hydrogen) atoms. The van der Waals surface area contributed by atoms with E-state index in [9.17, 15) is 4.79 Å². The van der Waals surface area contributed by atoms with Crippen LogP contribution in [-0.4, -0.2) is 16.6 Å². The van der Waals surface area contributed by atoms with Crippen molar-refractivity contribution in [2.24, 2.45) is 0 Å². The minimum Gasteiger partial charge on any atom is -0.440 e. The highest BCUT2D eigenvalue weighted by Gasteiger charge is 2.02. The van der Waals surface area contributed by atoms with E-state index in [2.05, 4.69) is 0 Å². The first kappa shape index (κ1) is 15.5. The van der Waals surface area contributed by atoms with Crippen LogP contribution < -0.4 is 9.47 Å². The minimum absolute atomic E-state index is 0.325. The van der Waals surface area contributed by atoms with E-state index in [4.69, 9.17) is 21.7 Å². The quantitative estimate of drug-likeness (QED) is 0.479. The van der Waals surface area contributed by atoms with Crippen LogP contribution in [0.4, 0.5) is 0 Å². The number of hydrogen-bond donors (Lipinski definition) is 0. The molecule has 2 aromatic rings. The average molecular weight is 318 g/mol. The Labute approximate surface area is 133 Å². The Kier molecular flexibility index (Phi) is 5.36. The number of hydrogen-bond acceptors (Lipinski definition) is 5. The predicted octanol–water partition coefficient (Wildman–Crippen LogP) is 4.31. The molecule has 0 spiro atoms. The number of rotatable bonds is 3. The third-order valence-electron chi connectivity index (χ3n) is 2.67. The number of thiocarbonyl (C=S) groups is 1. The topological polar surface area (TPSA) is 35.5 Å². The highest BCUT2D eigenvalue weighted by atomic mass is 32.2. The van der Waals surface area contributed by atoms with Gasteiger partial charge in [-0.25, -0.2) is 0 Å². The van der Waals surface area contributed by atoms with Gasteiger partial charge in [-0.1, -0.05) is 36.0 Å². The lowest BCUT2D eigenvalue weighted by atomic mass is 10.1. The molecular formula is C16H14O3S2. The maximum atomic E-state index is 10.9. The van der Waals surface area contributed by atoms with Crippen molar-refractivity contribution in [1.29, 1.82) is 0 Å². The molecule has 0 heterocycles. The van der Waals surface area contributed by atoms with Gasteiger partial charge in [-0.3, -0.25) is 4.79 Å². The predicted molar refractivity (Wildman–Crippen MR) is 89.9 cm³/mol. The van der Waals surface area contributed by atoms with E-state index in [0.717, 1.165) is 16.9 Å². The molecule has 0 radical (unpaired) electrons. The lowest BCUT2D eigenvalue weighted by Gasteiger charge is -2.07. The Balaban J connectivity index is 2.11. The summed E-state index contributed by atoms with van der Waals surface area (Å²) in [6.07, 6.45) is 1.88. The normalized spacial score (nSPS) is 10.0. The molecule has 0 bridgehead atoms. The molecule has 3 nitrogen and oxygen atoms in total. The molecule has 0 fully saturated rings. The van der Waals surface area contributed by atoms with Crippen molar-refractivity contribution in [3.05, 3.63) is 48.5 Å². The second-order valence-electron chi connectivity index (χ2n) is 4.20. The smallest absolute Gasteiger partial charge is 0.308 e. The summed E-state index contributed by atoms with van der Waals surface area (Å²) < 4.78 is 11.0. The van der Waals surface area contributed by atoms with Crippen LogP contribution in [0.25, 0.3) is 11.1 Å². The van der Waals surface area contributed by atoms with Crippen LogP contribution in [-0.2, 0) is 4.79 Å². The van der Waals surface area contributed by atoms with Gasteiger partial charge in [0, 0.05) is 6.92 Å². The van der Waals surface area contributed by atoms with E-state index in [-0.39, 0.29) is 5.97 Å². The molecule has 0 saturated heterocycles. The molecule has 0 unspecified atom stereocenters. The summed E-state index contributed by atoms with van der Waals surface area (Å²) in [7, 11) is 0. The maximum Gasteiger partial charge on any atom is 0.308 e. The zero-order valence-corrected chi connectivity index (χ0v) is 13.3. The summed E-state index contributed by atoms with van der Waals surface area (Å²) in [5.74, 6) is 0.931. The van der Waals surface area contributed by atoms with Crippen molar-refractivity contribution in [1.82, 2.24) is 0 Å². The molecule has 2 aromatic carbocycles. The van der Waals surface area contributed by atoms with Crippen LogP contribution in [0.3, 0.4) is 0 Å². The summed E-state index contributed by atoms with van der Waals surface area (Å²) in [5, 5.41) is 0. The van der Waals surface area contributed by atoms with Crippen LogP contribution in [0.5, 0.6) is 11.5 Å².